The molecule has 2 nitrogen and oxygen atoms in total. The lowest BCUT2D eigenvalue weighted by atomic mass is 10.1. The van der Waals surface area contributed by atoms with Crippen LogP contribution in [0.4, 0.5) is 0 Å². The summed E-state index contributed by atoms with van der Waals surface area (Å²) in [4.78, 5) is 0. The lowest BCUT2D eigenvalue weighted by Gasteiger charge is -2.05. The molecule has 0 radical (unpaired) electrons. The second-order valence-corrected chi connectivity index (χ2v) is 3.82. The fourth-order valence-electron chi connectivity index (χ4n) is 1.32. The third kappa shape index (κ3) is 11.9. The van der Waals surface area contributed by atoms with Crippen LogP contribution in [0.15, 0.2) is 0 Å². The van der Waals surface area contributed by atoms with Gasteiger partial charge in [0.25, 0.3) is 0 Å². The SMILES string of the molecule is CCCCCCCNCOCCCC. The fourth-order valence-corrected chi connectivity index (χ4v) is 1.32. The molecule has 0 aromatic rings. The van der Waals surface area contributed by atoms with E-state index in [1.807, 2.05) is 0 Å². The normalized spacial score (nSPS) is 10.7. The van der Waals surface area contributed by atoms with E-state index in [1.54, 1.807) is 0 Å². The molecule has 0 heterocycles. The Hall–Kier alpha value is -0.0800. The molecule has 0 aliphatic carbocycles. The van der Waals surface area contributed by atoms with Crippen LogP contribution in [0.3, 0.4) is 0 Å². The van der Waals surface area contributed by atoms with E-state index >= 15 is 0 Å². The van der Waals surface area contributed by atoms with Crippen LogP contribution in [-0.2, 0) is 4.74 Å². The van der Waals surface area contributed by atoms with Crippen molar-refractivity contribution in [3.05, 3.63) is 0 Å². The quantitative estimate of drug-likeness (QED) is 0.409. The zero-order valence-electron chi connectivity index (χ0n) is 9.98. The Kier molecular flexibility index (Phi) is 12.8. The molecular formula is C12H27NO. The average Bonchev–Trinajstić information content (AvgIpc) is 2.21. The van der Waals surface area contributed by atoms with Gasteiger partial charge in [-0.05, 0) is 19.4 Å². The van der Waals surface area contributed by atoms with Gasteiger partial charge in [0.15, 0.2) is 0 Å². The van der Waals surface area contributed by atoms with Crippen LogP contribution < -0.4 is 5.32 Å². The van der Waals surface area contributed by atoms with Crippen LogP contribution in [0.25, 0.3) is 0 Å². The van der Waals surface area contributed by atoms with Gasteiger partial charge in [-0.3, -0.25) is 5.32 Å². The summed E-state index contributed by atoms with van der Waals surface area (Å²) >= 11 is 0. The summed E-state index contributed by atoms with van der Waals surface area (Å²) in [6, 6.07) is 0. The van der Waals surface area contributed by atoms with Gasteiger partial charge in [0.1, 0.15) is 0 Å². The molecule has 0 aliphatic heterocycles. The van der Waals surface area contributed by atoms with E-state index in [0.29, 0.717) is 0 Å². The molecule has 0 bridgehead atoms. The second kappa shape index (κ2) is 12.9. The topological polar surface area (TPSA) is 21.3 Å². The van der Waals surface area contributed by atoms with Gasteiger partial charge in [-0.25, -0.2) is 0 Å². The highest BCUT2D eigenvalue weighted by molar-refractivity contribution is 4.45. The summed E-state index contributed by atoms with van der Waals surface area (Å²) in [6.07, 6.45) is 9.14. The van der Waals surface area contributed by atoms with Crippen LogP contribution in [-0.4, -0.2) is 19.9 Å². The van der Waals surface area contributed by atoms with Crippen LogP contribution >= 0.6 is 0 Å². The Morgan fingerprint density at radius 3 is 2.29 bits per heavy atom. The molecular weight excluding hydrogens is 174 g/mol. The summed E-state index contributed by atoms with van der Waals surface area (Å²) in [5.41, 5.74) is 0. The molecule has 0 rings (SSSR count). The van der Waals surface area contributed by atoms with E-state index in [-0.39, 0.29) is 0 Å². The maximum absolute atomic E-state index is 5.39. The number of hydrogen-bond acceptors (Lipinski definition) is 2. The summed E-state index contributed by atoms with van der Waals surface area (Å²) in [7, 11) is 0. The number of rotatable bonds is 11. The molecule has 86 valence electrons. The number of ether oxygens (including phenoxy) is 1. The van der Waals surface area contributed by atoms with Crippen molar-refractivity contribution in [2.75, 3.05) is 19.9 Å². The maximum Gasteiger partial charge on any atom is 0.0965 e. The Balaban J connectivity index is 2.78. The third-order valence-corrected chi connectivity index (χ3v) is 2.30. The molecule has 0 saturated carbocycles. The van der Waals surface area contributed by atoms with Crippen LogP contribution in [0, 0.1) is 0 Å². The third-order valence-electron chi connectivity index (χ3n) is 2.30. The zero-order valence-corrected chi connectivity index (χ0v) is 9.98. The summed E-state index contributed by atoms with van der Waals surface area (Å²) in [6.45, 7) is 7.17. The van der Waals surface area contributed by atoms with Gasteiger partial charge in [0.05, 0.1) is 6.73 Å². The molecule has 0 fully saturated rings. The average molecular weight is 201 g/mol. The van der Waals surface area contributed by atoms with Crippen molar-refractivity contribution in [1.82, 2.24) is 5.32 Å². The van der Waals surface area contributed by atoms with E-state index in [2.05, 4.69) is 19.2 Å². The zero-order chi connectivity index (χ0) is 10.5. The van der Waals surface area contributed by atoms with Crippen molar-refractivity contribution in [2.24, 2.45) is 0 Å². The van der Waals surface area contributed by atoms with Gasteiger partial charge >= 0.3 is 0 Å². The molecule has 2 heteroatoms. The predicted molar refractivity (Wildman–Crippen MR) is 62.5 cm³/mol. The molecule has 0 aromatic heterocycles. The highest BCUT2D eigenvalue weighted by Crippen LogP contribution is 2.00. The van der Waals surface area contributed by atoms with E-state index in [4.69, 9.17) is 4.74 Å². The molecule has 0 aromatic carbocycles. The minimum atomic E-state index is 0.730. The van der Waals surface area contributed by atoms with Gasteiger partial charge in [-0.2, -0.15) is 0 Å². The highest BCUT2D eigenvalue weighted by atomic mass is 16.5. The van der Waals surface area contributed by atoms with Crippen molar-refractivity contribution in [3.8, 4) is 0 Å². The summed E-state index contributed by atoms with van der Waals surface area (Å²) < 4.78 is 5.39. The van der Waals surface area contributed by atoms with Gasteiger partial charge in [0, 0.05) is 6.61 Å². The molecule has 0 aliphatic rings. The van der Waals surface area contributed by atoms with Crippen LogP contribution in [0.1, 0.15) is 58.8 Å². The van der Waals surface area contributed by atoms with Gasteiger partial charge in [-0.15, -0.1) is 0 Å². The maximum atomic E-state index is 5.39. The largest absolute Gasteiger partial charge is 0.366 e. The van der Waals surface area contributed by atoms with Crippen molar-refractivity contribution in [1.29, 1.82) is 0 Å². The van der Waals surface area contributed by atoms with Gasteiger partial charge in [0.2, 0.25) is 0 Å². The van der Waals surface area contributed by atoms with E-state index in [0.717, 1.165) is 19.9 Å². The summed E-state index contributed by atoms with van der Waals surface area (Å²) in [5, 5.41) is 3.30. The fraction of sp³-hybridized carbons (Fsp3) is 1.00. The van der Waals surface area contributed by atoms with Crippen LogP contribution in [0.5, 0.6) is 0 Å². The molecule has 14 heavy (non-hydrogen) atoms. The lowest BCUT2D eigenvalue weighted by molar-refractivity contribution is 0.114. The first-order valence-corrected chi connectivity index (χ1v) is 6.20. The van der Waals surface area contributed by atoms with E-state index in [1.165, 1.54) is 44.9 Å². The van der Waals surface area contributed by atoms with Crippen LogP contribution in [0.2, 0.25) is 0 Å². The van der Waals surface area contributed by atoms with Crippen molar-refractivity contribution < 1.29 is 4.74 Å². The molecule has 0 unspecified atom stereocenters. The lowest BCUT2D eigenvalue weighted by Crippen LogP contribution is -2.19. The molecule has 0 atom stereocenters. The standard InChI is InChI=1S/C12H27NO/c1-3-5-7-8-9-10-13-12-14-11-6-4-2/h13H,3-12H2,1-2H3. The highest BCUT2D eigenvalue weighted by Gasteiger charge is 1.89. The van der Waals surface area contributed by atoms with Gasteiger partial charge < -0.3 is 4.74 Å². The number of nitrogens with one attached hydrogen (secondary N) is 1. The first-order valence-electron chi connectivity index (χ1n) is 6.20. The molecule has 0 amide bonds. The van der Waals surface area contributed by atoms with Crippen molar-refractivity contribution >= 4 is 0 Å². The number of unbranched alkanes of at least 4 members (excludes halogenated alkanes) is 5. The second-order valence-electron chi connectivity index (χ2n) is 3.82. The Morgan fingerprint density at radius 1 is 0.857 bits per heavy atom. The first kappa shape index (κ1) is 13.9. The molecule has 1 N–H and O–H groups in total. The van der Waals surface area contributed by atoms with E-state index in [9.17, 15) is 0 Å². The van der Waals surface area contributed by atoms with Crippen molar-refractivity contribution in [3.63, 3.8) is 0 Å². The Labute approximate surface area is 89.4 Å². The monoisotopic (exact) mass is 201 g/mol. The van der Waals surface area contributed by atoms with E-state index < -0.39 is 0 Å². The minimum absolute atomic E-state index is 0.730. The predicted octanol–water partition coefficient (Wildman–Crippen LogP) is 3.32. The Bertz CT molecular complexity index is 84.3. The summed E-state index contributed by atoms with van der Waals surface area (Å²) in [5.74, 6) is 0. The first-order chi connectivity index (χ1) is 6.91. The van der Waals surface area contributed by atoms with Gasteiger partial charge in [-0.1, -0.05) is 46.0 Å². The molecule has 0 spiro atoms. The van der Waals surface area contributed by atoms with Crippen molar-refractivity contribution in [2.45, 2.75) is 58.8 Å². The minimum Gasteiger partial charge on any atom is -0.366 e. The Morgan fingerprint density at radius 2 is 1.57 bits per heavy atom. The number of hydrogen-bond donors (Lipinski definition) is 1. The smallest absolute Gasteiger partial charge is 0.0965 e. The molecule has 0 saturated heterocycles.